The van der Waals surface area contributed by atoms with Gasteiger partial charge in [0, 0.05) is 63.8 Å². The van der Waals surface area contributed by atoms with Crippen LogP contribution < -0.4 is 10.1 Å². The Hall–Kier alpha value is -2.46. The smallest absolute Gasteiger partial charge is 0.317 e. The Balaban J connectivity index is 2.13. The predicted octanol–water partition coefficient (Wildman–Crippen LogP) is 8.84. The van der Waals surface area contributed by atoms with Gasteiger partial charge in [-0.2, -0.15) is 0 Å². The zero-order valence-corrected chi connectivity index (χ0v) is 34.4. The summed E-state index contributed by atoms with van der Waals surface area (Å²) in [6.07, 6.45) is 7.45. The first kappa shape index (κ1) is 42.0. The van der Waals surface area contributed by atoms with Gasteiger partial charge in [0.05, 0.1) is 30.0 Å². The lowest BCUT2D eigenvalue weighted by atomic mass is 9.79. The van der Waals surface area contributed by atoms with Gasteiger partial charge < -0.3 is 25.7 Å². The highest BCUT2D eigenvalue weighted by Gasteiger charge is 2.39. The number of hydrogen-bond donors (Lipinski definition) is 4. The molecule has 0 aromatic heterocycles. The maximum absolute atomic E-state index is 11.7. The third-order valence-electron chi connectivity index (χ3n) is 9.07. The number of aliphatic carboxylic acids is 1. The number of carboxylic acids is 1. The van der Waals surface area contributed by atoms with Crippen molar-refractivity contribution in [2.45, 2.75) is 138 Å². The van der Waals surface area contributed by atoms with Gasteiger partial charge in [0.15, 0.2) is 0 Å². The van der Waals surface area contributed by atoms with Crippen molar-refractivity contribution in [3.8, 4) is 11.5 Å². The Labute approximate surface area is 310 Å². The fourth-order valence-corrected chi connectivity index (χ4v) is 9.33. The van der Waals surface area contributed by atoms with Crippen LogP contribution in [-0.2, 0) is 26.5 Å². The molecule has 0 atom stereocenters. The molecule has 0 aliphatic carbocycles. The van der Waals surface area contributed by atoms with Crippen molar-refractivity contribution in [2.24, 2.45) is 0 Å². The minimum atomic E-state index is -0.790. The van der Waals surface area contributed by atoms with Crippen LogP contribution in [0.5, 0.6) is 11.5 Å². The van der Waals surface area contributed by atoms with E-state index in [4.69, 9.17) is 10.1 Å². The number of aromatic hydroxyl groups is 1. The van der Waals surface area contributed by atoms with Gasteiger partial charge in [-0.25, -0.2) is 0 Å². The van der Waals surface area contributed by atoms with Gasteiger partial charge in [-0.1, -0.05) is 83.1 Å². The van der Waals surface area contributed by atoms with Crippen LogP contribution in [0, 0.1) is 5.41 Å². The number of phenolic OH excluding ortho intramolecular Hbond substituents is 1. The van der Waals surface area contributed by atoms with Gasteiger partial charge in [0.1, 0.15) is 11.5 Å². The highest BCUT2D eigenvalue weighted by molar-refractivity contribution is 8.18. The number of nitrogens with two attached hydrogens (primary N) is 1. The van der Waals surface area contributed by atoms with Crippen molar-refractivity contribution in [3.05, 3.63) is 58.8 Å². The third kappa shape index (κ3) is 11.5. The summed E-state index contributed by atoms with van der Waals surface area (Å²) in [6, 6.07) is 9.02. The predicted molar refractivity (Wildman–Crippen MR) is 212 cm³/mol. The summed E-state index contributed by atoms with van der Waals surface area (Å²) in [5.41, 5.74) is 3.50. The molecule has 9 heteroatoms. The summed E-state index contributed by atoms with van der Waals surface area (Å²) in [5.74, 6) is 0.570. The first-order valence-electron chi connectivity index (χ1n) is 18.0. The second kappa shape index (κ2) is 16.5. The summed E-state index contributed by atoms with van der Waals surface area (Å²) >= 11 is 3.78. The zero-order valence-electron chi connectivity index (χ0n) is 32.8. The molecule has 50 heavy (non-hydrogen) atoms. The number of benzene rings is 2. The van der Waals surface area contributed by atoms with Crippen molar-refractivity contribution in [1.82, 2.24) is 4.90 Å². The van der Waals surface area contributed by atoms with Gasteiger partial charge in [-0.3, -0.25) is 9.69 Å². The van der Waals surface area contributed by atoms with Gasteiger partial charge in [0.2, 0.25) is 0 Å². The summed E-state index contributed by atoms with van der Waals surface area (Å²) in [5, 5.41) is 30.3. The Morgan fingerprint density at radius 2 is 1.28 bits per heavy atom. The minimum Gasteiger partial charge on any atom is -0.507 e. The topological polar surface area (TPSA) is 110 Å². The molecule has 2 aromatic carbocycles. The lowest BCUT2D eigenvalue weighted by Crippen LogP contribution is -2.78. The standard InChI is InChI=1S/C41H63N3O4S2/c1-37(2,3)30-23-28(24-31(35(30)47)38(4,5)6)49-41(15-20-44(21-16-41)27-34(45)46)50-29-25-32(39(7,8)9)36(33(26-29)40(10,11)12)48-22-14-19-43-18-13-17-42/h13,17-18,23-26,42-43,47H,14-16,19-22,27H2,1-12H3,(H,45,46)/p+1/b18-13-,42-17?. The monoisotopic (exact) mass is 726 g/mol. The molecule has 0 spiro atoms. The van der Waals surface area contributed by atoms with Crippen LogP contribution in [0.2, 0.25) is 0 Å². The maximum Gasteiger partial charge on any atom is 0.317 e. The zero-order chi connectivity index (χ0) is 37.7. The van der Waals surface area contributed by atoms with Gasteiger partial charge in [-0.15, -0.1) is 23.5 Å². The number of thioether (sulfide) groups is 2. The van der Waals surface area contributed by atoms with Crippen molar-refractivity contribution >= 4 is 35.7 Å². The Morgan fingerprint density at radius 3 is 1.68 bits per heavy atom. The fourth-order valence-electron chi connectivity index (χ4n) is 6.24. The fraction of sp³-hybridized carbons (Fsp3) is 0.610. The number of ether oxygens (including phenoxy) is 1. The van der Waals surface area contributed by atoms with Crippen LogP contribution in [0.3, 0.4) is 0 Å². The van der Waals surface area contributed by atoms with Gasteiger partial charge in [-0.05, 0) is 58.8 Å². The number of carboxylic acid groups (broad SMARTS) is 1. The number of likely N-dealkylation sites (tertiary alicyclic amines) is 1. The molecule has 3 rings (SSSR count). The normalized spacial score (nSPS) is 16.2. The van der Waals surface area contributed by atoms with Crippen LogP contribution in [0.1, 0.15) is 125 Å². The number of rotatable bonds is 13. The Bertz CT molecular complexity index is 1450. The van der Waals surface area contributed by atoms with Crippen molar-refractivity contribution < 1.29 is 25.1 Å². The van der Waals surface area contributed by atoms with E-state index in [0.717, 1.165) is 47.6 Å². The summed E-state index contributed by atoms with van der Waals surface area (Å²) < 4.78 is 6.41. The van der Waals surface area contributed by atoms with E-state index in [-0.39, 0.29) is 32.3 Å². The van der Waals surface area contributed by atoms with E-state index < -0.39 is 5.97 Å². The molecule has 0 radical (unpaired) electrons. The van der Waals surface area contributed by atoms with Crippen molar-refractivity contribution in [3.63, 3.8) is 0 Å². The molecule has 0 saturated carbocycles. The molecule has 278 valence electrons. The van der Waals surface area contributed by atoms with Crippen LogP contribution in [0.4, 0.5) is 0 Å². The SMILES string of the molecule is CC(C)(C)c1cc(SC2(Sc3cc(C(C)(C)C)c(OCCC[NH2+]/C=C\C=N)c(C(C)(C)C)c3)CCN(CC(=O)O)CC2)cc(C(C)(C)C)c1O. The van der Waals surface area contributed by atoms with Crippen LogP contribution in [0.25, 0.3) is 0 Å². The van der Waals surface area contributed by atoms with Crippen molar-refractivity contribution in [1.29, 1.82) is 5.41 Å². The number of nitrogens with zero attached hydrogens (tertiary/aromatic N) is 1. The summed E-state index contributed by atoms with van der Waals surface area (Å²) in [7, 11) is 0. The largest absolute Gasteiger partial charge is 0.507 e. The number of piperidine rings is 1. The van der Waals surface area contributed by atoms with Crippen LogP contribution >= 0.6 is 23.5 Å². The van der Waals surface area contributed by atoms with Crippen molar-refractivity contribution in [2.75, 3.05) is 32.8 Å². The number of nitrogens with one attached hydrogen (secondary N) is 1. The van der Waals surface area contributed by atoms with E-state index in [1.165, 1.54) is 22.2 Å². The Kier molecular flexibility index (Phi) is 13.8. The molecule has 1 saturated heterocycles. The maximum atomic E-state index is 11.7. The summed E-state index contributed by atoms with van der Waals surface area (Å²) in [6.45, 7) is 29.4. The molecule has 1 heterocycles. The molecular weight excluding hydrogens is 663 g/mol. The Morgan fingerprint density at radius 1 is 0.840 bits per heavy atom. The van der Waals surface area contributed by atoms with E-state index in [1.54, 1.807) is 6.08 Å². The molecule has 2 aromatic rings. The van der Waals surface area contributed by atoms with Crippen LogP contribution in [-0.4, -0.2) is 64.2 Å². The average molecular weight is 727 g/mol. The highest BCUT2D eigenvalue weighted by Crippen LogP contribution is 2.55. The lowest BCUT2D eigenvalue weighted by molar-refractivity contribution is -0.588. The molecule has 0 unspecified atom stereocenters. The second-order valence-electron chi connectivity index (χ2n) is 17.8. The molecule has 1 fully saturated rings. The van der Waals surface area contributed by atoms with Crippen LogP contribution in [0.15, 0.2) is 46.3 Å². The molecule has 7 nitrogen and oxygen atoms in total. The molecule has 1 aliphatic heterocycles. The van der Waals surface area contributed by atoms with E-state index in [0.29, 0.717) is 25.4 Å². The van der Waals surface area contributed by atoms with E-state index in [1.807, 2.05) is 29.7 Å². The molecule has 0 amide bonds. The number of carbonyl (C=O) groups is 1. The number of hydrogen-bond acceptors (Lipinski definition) is 7. The minimum absolute atomic E-state index is 0.0536. The first-order valence-corrected chi connectivity index (χ1v) is 19.6. The number of phenols is 1. The summed E-state index contributed by atoms with van der Waals surface area (Å²) in [4.78, 5) is 16.0. The van der Waals surface area contributed by atoms with E-state index in [9.17, 15) is 15.0 Å². The molecular formula is C41H64N3O4S2+. The van der Waals surface area contributed by atoms with Gasteiger partial charge >= 0.3 is 5.97 Å². The quantitative estimate of drug-likeness (QED) is 0.0928. The highest BCUT2D eigenvalue weighted by atomic mass is 32.2. The molecule has 0 bridgehead atoms. The van der Waals surface area contributed by atoms with E-state index in [2.05, 4.69) is 118 Å². The van der Waals surface area contributed by atoms with Gasteiger partial charge in [0.25, 0.3) is 0 Å². The molecule has 5 N–H and O–H groups in total. The third-order valence-corrected chi connectivity index (χ3v) is 12.1. The van der Waals surface area contributed by atoms with E-state index >= 15 is 0 Å². The number of quaternary nitrogens is 1. The average Bonchev–Trinajstić information content (AvgIpc) is 2.96. The first-order chi connectivity index (χ1) is 23.0. The second-order valence-corrected chi connectivity index (χ2v) is 20.9. The number of allylic oxidation sites excluding steroid dienone is 1. The lowest BCUT2D eigenvalue weighted by Gasteiger charge is -2.41. The molecule has 1 aliphatic rings.